The highest BCUT2D eigenvalue weighted by Crippen LogP contribution is 2.34. The van der Waals surface area contributed by atoms with E-state index >= 15 is 0 Å². The molecule has 1 saturated heterocycles. The number of carbonyl (C=O) groups is 1. The molecule has 1 aliphatic heterocycles. The summed E-state index contributed by atoms with van der Waals surface area (Å²) in [4.78, 5) is 15.7. The monoisotopic (exact) mass is 384 g/mol. The van der Waals surface area contributed by atoms with E-state index < -0.39 is 17.0 Å². The molecule has 24 heavy (non-hydrogen) atoms. The zero-order valence-electron chi connectivity index (χ0n) is 13.0. The lowest BCUT2D eigenvalue weighted by atomic mass is 10.2. The van der Waals surface area contributed by atoms with Gasteiger partial charge in [-0.25, -0.2) is 9.69 Å². The maximum absolute atomic E-state index is 12.8. The standard InChI is InChI=1S/C14H16N4O3S3/c1-3-7-17-8-6-10(21-11(22)9-4-5-9)18(14(17)19)12-15-16-13(23-12)24(2)20/h1,9-10H,4-8H2,2H3. The molecule has 10 heteroatoms. The number of hydrogen-bond donors (Lipinski definition) is 0. The Morgan fingerprint density at radius 2 is 2.25 bits per heavy atom. The molecule has 0 aromatic carbocycles. The average Bonchev–Trinajstić information content (AvgIpc) is 3.28. The second-order valence-electron chi connectivity index (χ2n) is 5.54. The minimum absolute atomic E-state index is 0.209. The Kier molecular flexibility index (Phi) is 5.12. The van der Waals surface area contributed by atoms with Gasteiger partial charge < -0.3 is 9.64 Å². The Morgan fingerprint density at radius 1 is 1.50 bits per heavy atom. The van der Waals surface area contributed by atoms with Gasteiger partial charge in [0, 0.05) is 25.1 Å². The lowest BCUT2D eigenvalue weighted by molar-refractivity contribution is 0.121. The van der Waals surface area contributed by atoms with Gasteiger partial charge in [-0.3, -0.25) is 4.21 Å². The molecule has 1 aromatic heterocycles. The fourth-order valence-corrected chi connectivity index (χ4v) is 4.11. The topological polar surface area (TPSA) is 75.6 Å². The number of hydrogen-bond acceptors (Lipinski definition) is 7. The molecule has 7 nitrogen and oxygen atoms in total. The minimum atomic E-state index is -1.26. The number of carbonyl (C=O) groups excluding carboxylic acids is 1. The zero-order chi connectivity index (χ0) is 17.3. The van der Waals surface area contributed by atoms with Crippen LogP contribution in [0.25, 0.3) is 0 Å². The van der Waals surface area contributed by atoms with Gasteiger partial charge in [0.1, 0.15) is 0 Å². The van der Waals surface area contributed by atoms with Crippen LogP contribution in [-0.2, 0) is 15.5 Å². The SMILES string of the molecule is C#CCN1CCC(OC(=S)C2CC2)N(c2nnc(S(C)=O)s2)C1=O. The third-order valence-electron chi connectivity index (χ3n) is 3.70. The minimum Gasteiger partial charge on any atom is -0.463 e. The van der Waals surface area contributed by atoms with E-state index in [-0.39, 0.29) is 12.6 Å². The lowest BCUT2D eigenvalue weighted by Crippen LogP contribution is -2.56. The molecular formula is C14H16N4O3S3. The molecule has 0 N–H and O–H groups in total. The first kappa shape index (κ1) is 17.3. The largest absolute Gasteiger partial charge is 0.463 e. The first-order chi connectivity index (χ1) is 11.5. The molecule has 0 spiro atoms. The third-order valence-corrected chi connectivity index (χ3v) is 6.38. The highest BCUT2D eigenvalue weighted by atomic mass is 32.2. The van der Waals surface area contributed by atoms with Crippen molar-refractivity contribution in [3.05, 3.63) is 0 Å². The van der Waals surface area contributed by atoms with Gasteiger partial charge in [0.25, 0.3) is 0 Å². The maximum atomic E-state index is 12.8. The Labute approximate surface area is 151 Å². The Balaban J connectivity index is 1.85. The normalized spacial score (nSPS) is 22.2. The molecule has 2 fully saturated rings. The van der Waals surface area contributed by atoms with E-state index in [1.165, 1.54) is 11.2 Å². The summed E-state index contributed by atoms with van der Waals surface area (Å²) in [6.07, 6.45) is 8.93. The molecule has 3 rings (SSSR count). The fourth-order valence-electron chi connectivity index (χ4n) is 2.31. The summed E-state index contributed by atoms with van der Waals surface area (Å²) in [5, 5.41) is 8.77. The third kappa shape index (κ3) is 3.58. The van der Waals surface area contributed by atoms with Gasteiger partial charge in [-0.2, -0.15) is 0 Å². The first-order valence-electron chi connectivity index (χ1n) is 7.40. The number of terminal acetylenes is 1. The van der Waals surface area contributed by atoms with Crippen molar-refractivity contribution in [1.82, 2.24) is 15.1 Å². The quantitative estimate of drug-likeness (QED) is 0.436. The van der Waals surface area contributed by atoms with Gasteiger partial charge in [-0.15, -0.1) is 16.6 Å². The molecule has 1 aromatic rings. The summed E-state index contributed by atoms with van der Waals surface area (Å²) < 4.78 is 17.8. The van der Waals surface area contributed by atoms with Crippen LogP contribution in [-0.4, -0.2) is 56.0 Å². The van der Waals surface area contributed by atoms with Crippen molar-refractivity contribution in [3.63, 3.8) is 0 Å². The summed E-state index contributed by atoms with van der Waals surface area (Å²) in [6, 6.07) is -0.299. The van der Waals surface area contributed by atoms with Crippen molar-refractivity contribution in [3.8, 4) is 12.3 Å². The molecule has 128 valence electrons. The number of urea groups is 1. The zero-order valence-corrected chi connectivity index (χ0v) is 15.5. The summed E-state index contributed by atoms with van der Waals surface area (Å²) >= 11 is 6.41. The van der Waals surface area contributed by atoms with E-state index in [1.54, 1.807) is 4.90 Å². The van der Waals surface area contributed by atoms with Crippen molar-refractivity contribution in [2.24, 2.45) is 5.92 Å². The number of thiocarbonyl (C=S) groups is 1. The van der Waals surface area contributed by atoms with Gasteiger partial charge in [0.2, 0.25) is 9.47 Å². The number of aromatic nitrogens is 2. The van der Waals surface area contributed by atoms with E-state index in [0.29, 0.717) is 33.4 Å². The Bertz CT molecular complexity index is 725. The van der Waals surface area contributed by atoms with Crippen LogP contribution < -0.4 is 4.90 Å². The maximum Gasteiger partial charge on any atom is 0.330 e. The average molecular weight is 385 g/mol. The molecule has 2 aliphatic rings. The predicted molar refractivity (Wildman–Crippen MR) is 95.3 cm³/mol. The van der Waals surface area contributed by atoms with Gasteiger partial charge >= 0.3 is 6.03 Å². The van der Waals surface area contributed by atoms with Gasteiger partial charge in [-0.05, 0) is 25.1 Å². The molecular weight excluding hydrogens is 368 g/mol. The number of nitrogens with zero attached hydrogens (tertiary/aromatic N) is 4. The van der Waals surface area contributed by atoms with Crippen LogP contribution in [0.2, 0.25) is 0 Å². The van der Waals surface area contributed by atoms with Crippen molar-refractivity contribution < 1.29 is 13.7 Å². The van der Waals surface area contributed by atoms with Crippen LogP contribution in [0.15, 0.2) is 4.34 Å². The van der Waals surface area contributed by atoms with E-state index in [4.69, 9.17) is 23.4 Å². The van der Waals surface area contributed by atoms with Crippen LogP contribution in [0.3, 0.4) is 0 Å². The Hall–Kier alpha value is -1.57. The molecule has 0 bridgehead atoms. The fraction of sp³-hybridized carbons (Fsp3) is 0.571. The number of rotatable bonds is 5. The second kappa shape index (κ2) is 7.13. The smallest absolute Gasteiger partial charge is 0.330 e. The molecule has 1 saturated carbocycles. The predicted octanol–water partition coefficient (Wildman–Crippen LogP) is 1.62. The molecule has 2 amide bonds. The van der Waals surface area contributed by atoms with Crippen molar-refractivity contribution in [2.45, 2.75) is 29.8 Å². The molecule has 2 atom stereocenters. The van der Waals surface area contributed by atoms with E-state index in [1.807, 2.05) is 0 Å². The van der Waals surface area contributed by atoms with Gasteiger partial charge in [0.05, 0.1) is 17.3 Å². The van der Waals surface area contributed by atoms with Crippen LogP contribution in [0.5, 0.6) is 0 Å². The summed E-state index contributed by atoms with van der Waals surface area (Å²) in [7, 11) is -1.26. The van der Waals surface area contributed by atoms with E-state index in [9.17, 15) is 9.00 Å². The first-order valence-corrected chi connectivity index (χ1v) is 10.2. The number of anilines is 1. The summed E-state index contributed by atoms with van der Waals surface area (Å²) in [6.45, 7) is 0.698. The second-order valence-corrected chi connectivity index (χ2v) is 8.45. The van der Waals surface area contributed by atoms with E-state index in [0.717, 1.165) is 24.2 Å². The van der Waals surface area contributed by atoms with Gasteiger partial charge in [-0.1, -0.05) is 17.3 Å². The van der Waals surface area contributed by atoms with Crippen molar-refractivity contribution in [1.29, 1.82) is 0 Å². The van der Waals surface area contributed by atoms with Crippen LogP contribution in [0, 0.1) is 18.3 Å². The molecule has 2 unspecified atom stereocenters. The molecule has 0 radical (unpaired) electrons. The highest BCUT2D eigenvalue weighted by molar-refractivity contribution is 7.86. The van der Waals surface area contributed by atoms with Crippen LogP contribution >= 0.6 is 23.6 Å². The van der Waals surface area contributed by atoms with Crippen LogP contribution in [0.1, 0.15) is 19.3 Å². The molecule has 1 aliphatic carbocycles. The number of ether oxygens (including phenoxy) is 1. The van der Waals surface area contributed by atoms with Crippen LogP contribution in [0.4, 0.5) is 9.93 Å². The summed E-state index contributed by atoms with van der Waals surface area (Å²) in [5.41, 5.74) is 0. The Morgan fingerprint density at radius 3 is 2.83 bits per heavy atom. The van der Waals surface area contributed by atoms with Crippen molar-refractivity contribution >= 4 is 50.6 Å². The number of amides is 2. The molecule has 2 heterocycles. The lowest BCUT2D eigenvalue weighted by Gasteiger charge is -2.38. The highest BCUT2D eigenvalue weighted by Gasteiger charge is 2.40. The van der Waals surface area contributed by atoms with Gasteiger partial charge in [0.15, 0.2) is 11.3 Å². The van der Waals surface area contributed by atoms with E-state index in [2.05, 4.69) is 16.1 Å². The van der Waals surface area contributed by atoms with Crippen molar-refractivity contribution in [2.75, 3.05) is 24.2 Å². The summed E-state index contributed by atoms with van der Waals surface area (Å²) in [5.74, 6) is 2.78.